The summed E-state index contributed by atoms with van der Waals surface area (Å²) in [5.74, 6) is -8.08. The number of allylic oxidation sites excluding steroid dienone is 6. The first-order valence-corrected chi connectivity index (χ1v) is 27.7. The molecule has 4 aliphatic rings. The van der Waals surface area contributed by atoms with Gasteiger partial charge in [0.15, 0.2) is 18.9 Å². The third-order valence-corrected chi connectivity index (χ3v) is 15.6. The predicted molar refractivity (Wildman–Crippen MR) is 263 cm³/mol. The molecule has 1 amide bonds. The van der Waals surface area contributed by atoms with Crippen molar-refractivity contribution in [1.29, 1.82) is 0 Å². The monoisotopic (exact) mass is 990 g/mol. The molecule has 2 unspecified atom stereocenters. The molecule has 0 radical (unpaired) electrons. The van der Waals surface area contributed by atoms with Crippen LogP contribution in [0.3, 0.4) is 0 Å². The van der Waals surface area contributed by atoms with Crippen LogP contribution in [0.15, 0.2) is 47.6 Å². The van der Waals surface area contributed by atoms with Gasteiger partial charge in [0.25, 0.3) is 11.7 Å². The molecule has 0 aromatic carbocycles. The highest BCUT2D eigenvalue weighted by Crippen LogP contribution is 2.45. The predicted octanol–water partition coefficient (Wildman–Crippen LogP) is 7.74. The molecular formula is C53H84NO14P. The Hall–Kier alpha value is -3.14. The number of aliphatic hydroxyl groups excluding tert-OH is 1. The van der Waals surface area contributed by atoms with E-state index in [1.165, 1.54) is 12.0 Å². The summed E-state index contributed by atoms with van der Waals surface area (Å²) >= 11 is 0. The van der Waals surface area contributed by atoms with E-state index >= 15 is 0 Å². The molecule has 390 valence electrons. The zero-order chi connectivity index (χ0) is 51.4. The molecule has 0 aromatic heterocycles. The number of methoxy groups -OCH3 is 3. The van der Waals surface area contributed by atoms with Crippen LogP contribution in [0.4, 0.5) is 0 Å². The van der Waals surface area contributed by atoms with Crippen molar-refractivity contribution in [2.75, 3.05) is 41.2 Å². The molecule has 3 heterocycles. The smallest absolute Gasteiger partial charge is 0.329 e. The van der Waals surface area contributed by atoms with Crippen molar-refractivity contribution in [1.82, 2.24) is 4.90 Å². The van der Waals surface area contributed by atoms with E-state index in [1.807, 2.05) is 58.1 Å². The summed E-state index contributed by atoms with van der Waals surface area (Å²) in [4.78, 5) is 72.2. The van der Waals surface area contributed by atoms with Gasteiger partial charge in [-0.1, -0.05) is 71.1 Å². The molecule has 3 fully saturated rings. The molecule has 0 spiro atoms. The highest BCUT2D eigenvalue weighted by atomic mass is 31.2. The first-order chi connectivity index (χ1) is 32.4. The molecule has 1 aliphatic carbocycles. The van der Waals surface area contributed by atoms with E-state index in [2.05, 4.69) is 0 Å². The second-order valence-corrected chi connectivity index (χ2v) is 23.6. The maximum Gasteiger partial charge on any atom is 0.329 e. The largest absolute Gasteiger partial charge is 0.460 e. The molecule has 0 aromatic rings. The van der Waals surface area contributed by atoms with E-state index in [9.17, 15) is 38.8 Å². The van der Waals surface area contributed by atoms with E-state index in [0.29, 0.717) is 63.4 Å². The van der Waals surface area contributed by atoms with Crippen LogP contribution in [-0.2, 0) is 56.7 Å². The number of fused-ring (bicyclic) bond motifs is 3. The summed E-state index contributed by atoms with van der Waals surface area (Å²) in [6.45, 7) is 15.9. The number of Topliss-reactive ketones (excluding diaryl/α,β-unsaturated/α-hetero) is 3. The molecule has 15 atom stereocenters. The third kappa shape index (κ3) is 16.2. The summed E-state index contributed by atoms with van der Waals surface area (Å²) in [5, 5.41) is 23.5. The van der Waals surface area contributed by atoms with Gasteiger partial charge < -0.3 is 43.3 Å². The van der Waals surface area contributed by atoms with Gasteiger partial charge in [0.2, 0.25) is 5.79 Å². The maximum atomic E-state index is 14.5. The van der Waals surface area contributed by atoms with Crippen LogP contribution in [-0.4, -0.2) is 140 Å². The van der Waals surface area contributed by atoms with Gasteiger partial charge in [-0.3, -0.25) is 23.7 Å². The number of hydrogen-bond acceptors (Lipinski definition) is 14. The Morgan fingerprint density at radius 3 is 2.23 bits per heavy atom. The number of ether oxygens (including phenoxy) is 5. The number of rotatable bonds is 8. The van der Waals surface area contributed by atoms with Crippen molar-refractivity contribution in [2.24, 2.45) is 35.5 Å². The van der Waals surface area contributed by atoms with Crippen LogP contribution < -0.4 is 0 Å². The Morgan fingerprint density at radius 1 is 0.870 bits per heavy atom. The topological polar surface area (TPSA) is 201 Å². The number of piperidine rings is 1. The zero-order valence-electron chi connectivity index (χ0n) is 43.4. The molecule has 1 saturated carbocycles. The molecule has 16 heteroatoms. The Labute approximate surface area is 411 Å². The number of carbonyl (C=O) groups is 5. The Morgan fingerprint density at radius 2 is 1.58 bits per heavy atom. The molecule has 2 saturated heterocycles. The van der Waals surface area contributed by atoms with Gasteiger partial charge in [-0.25, -0.2) is 4.79 Å². The summed E-state index contributed by atoms with van der Waals surface area (Å²) in [7, 11) is 1.76. The second-order valence-electron chi connectivity index (χ2n) is 20.9. The zero-order valence-corrected chi connectivity index (χ0v) is 44.3. The molecule has 3 aliphatic heterocycles. The fourth-order valence-electron chi connectivity index (χ4n) is 10.6. The summed E-state index contributed by atoms with van der Waals surface area (Å²) < 4.78 is 48.2. The van der Waals surface area contributed by atoms with Gasteiger partial charge in [0, 0.05) is 71.8 Å². The third-order valence-electron chi connectivity index (χ3n) is 14.9. The van der Waals surface area contributed by atoms with Crippen LogP contribution in [0.25, 0.3) is 0 Å². The lowest BCUT2D eigenvalue weighted by Crippen LogP contribution is -2.61. The van der Waals surface area contributed by atoms with Crippen molar-refractivity contribution in [3.8, 4) is 0 Å². The average molecular weight is 990 g/mol. The van der Waals surface area contributed by atoms with E-state index in [-0.39, 0.29) is 60.9 Å². The lowest BCUT2D eigenvalue weighted by molar-refractivity contribution is -0.265. The van der Waals surface area contributed by atoms with Crippen LogP contribution >= 0.6 is 7.37 Å². The van der Waals surface area contributed by atoms with E-state index in [0.717, 1.165) is 12.0 Å². The van der Waals surface area contributed by atoms with Crippen molar-refractivity contribution in [3.63, 3.8) is 0 Å². The SMILES string of the molecule is CO[C@H]1C[C@@H]2CC[C@@H](C)[C@@](O)(O2)C(=O)C(=O)N2CCCCC2C(=O)O[C@H]([C@H](C)C[C@@H]2CC[C@@H](OP(C)(C)=O)[C@H](OC)C2)CC(=O)C(C)=CC(C)[C@@H](O)[C@@H](OC)C(=O)[C@H](C)C[C@H](C)C=CC=CC=C1C. The van der Waals surface area contributed by atoms with Crippen LogP contribution in [0, 0.1) is 35.5 Å². The number of cyclic esters (lactones) is 1. The molecular weight excluding hydrogens is 906 g/mol. The molecule has 2 N–H and O–H groups in total. The van der Waals surface area contributed by atoms with Gasteiger partial charge in [-0.15, -0.1) is 0 Å². The fourth-order valence-corrected chi connectivity index (χ4v) is 11.5. The van der Waals surface area contributed by atoms with Crippen molar-refractivity contribution >= 4 is 36.6 Å². The van der Waals surface area contributed by atoms with Crippen LogP contribution in [0.2, 0.25) is 0 Å². The molecule has 15 nitrogen and oxygen atoms in total. The minimum atomic E-state index is -2.79. The number of aliphatic hydroxyl groups is 2. The number of nitrogens with zero attached hydrogens (tertiary/aromatic N) is 1. The fraction of sp³-hybridized carbons (Fsp3) is 0.755. The molecule has 69 heavy (non-hydrogen) atoms. The van der Waals surface area contributed by atoms with Crippen LogP contribution in [0.5, 0.6) is 0 Å². The number of hydrogen-bond donors (Lipinski definition) is 2. The summed E-state index contributed by atoms with van der Waals surface area (Å²) in [6.07, 6.45) is 11.4. The number of amides is 1. The van der Waals surface area contributed by atoms with Gasteiger partial charge in [0.1, 0.15) is 18.2 Å². The van der Waals surface area contributed by atoms with E-state index in [4.69, 9.17) is 28.2 Å². The van der Waals surface area contributed by atoms with Gasteiger partial charge in [-0.05, 0) is 107 Å². The first-order valence-electron chi connectivity index (χ1n) is 25.2. The maximum absolute atomic E-state index is 14.5. The normalized spacial score (nSPS) is 36.6. The van der Waals surface area contributed by atoms with Gasteiger partial charge in [0.05, 0.1) is 30.5 Å². The van der Waals surface area contributed by atoms with Gasteiger partial charge >= 0.3 is 5.97 Å². The minimum Gasteiger partial charge on any atom is -0.460 e. The quantitative estimate of drug-likeness (QED) is 0.136. The molecule has 2 bridgehead atoms. The lowest BCUT2D eigenvalue weighted by Gasteiger charge is -2.42. The highest BCUT2D eigenvalue weighted by Gasteiger charge is 2.53. The van der Waals surface area contributed by atoms with Gasteiger partial charge in [-0.2, -0.15) is 0 Å². The number of carbonyl (C=O) groups excluding carboxylic acids is 5. The lowest BCUT2D eigenvalue weighted by atomic mass is 9.78. The Balaban J connectivity index is 1.70. The Kier molecular flexibility index (Phi) is 22.5. The van der Waals surface area contributed by atoms with E-state index in [1.54, 1.807) is 54.4 Å². The Bertz CT molecular complexity index is 1940. The van der Waals surface area contributed by atoms with Crippen molar-refractivity contribution < 1.29 is 67.0 Å². The second kappa shape index (κ2) is 26.5. The summed E-state index contributed by atoms with van der Waals surface area (Å²) in [5.41, 5.74) is 1.18. The minimum absolute atomic E-state index is 0.0144. The van der Waals surface area contributed by atoms with Crippen molar-refractivity contribution in [3.05, 3.63) is 47.6 Å². The highest BCUT2D eigenvalue weighted by molar-refractivity contribution is 7.57. The number of esters is 1. The average Bonchev–Trinajstić information content (AvgIpc) is 3.30. The first kappa shape index (κ1) is 58.4. The number of ketones is 3. The van der Waals surface area contributed by atoms with E-state index < -0.39 is 85.1 Å². The summed E-state index contributed by atoms with van der Waals surface area (Å²) in [6, 6.07) is -1.16. The standard InChI is InChI=1S/C53H84NO14P/c1-32-18-14-13-15-19-33(2)44(63-8)30-40-23-21-38(7)53(61,67-40)50(58)51(59)54-25-17-16-20-41(54)52(60)66-45(35(4)28-39-22-24-43(46(29-39)64-9)68-69(11,12)62)31-42(55)34(3)27-37(6)48(57)49(65-10)47(56)36(5)26-32/h13-15,18-19,27,32,35-41,43-46,48-49,57,61H,16-17,20-26,28-31H2,1-12H3/t32-,35-,36-,37?,38-,39+,40+,41?,43-,44+,45+,46-,48-,49+,53-/m1/s1. The molecule has 4 rings (SSSR count). The van der Waals surface area contributed by atoms with Crippen molar-refractivity contribution in [2.45, 2.75) is 180 Å². The van der Waals surface area contributed by atoms with Crippen LogP contribution in [0.1, 0.15) is 126 Å².